The SMILES string of the molecule is Cc1cccc(N(c2ccccc2)c2ccc(C(=N)C(=N)c3cccc(NC(C)c4ccc(N(c5ccccc5)c5cccc(C)c5)cc4C)c3)c(C)c2)c1. The Kier molecular flexibility index (Phi) is 10.7. The average Bonchev–Trinajstić information content (AvgIpc) is 3.19. The molecule has 0 heterocycles. The Morgan fingerprint density at radius 1 is 0.455 bits per heavy atom. The molecule has 7 rings (SSSR count). The lowest BCUT2D eigenvalue weighted by Gasteiger charge is -2.27. The summed E-state index contributed by atoms with van der Waals surface area (Å²) >= 11 is 0. The molecule has 0 aromatic heterocycles. The maximum Gasteiger partial charge on any atom is 0.0870 e. The third kappa shape index (κ3) is 8.12. The van der Waals surface area contributed by atoms with E-state index in [1.165, 1.54) is 22.3 Å². The van der Waals surface area contributed by atoms with Crippen molar-refractivity contribution in [3.63, 3.8) is 0 Å². The zero-order valence-electron chi connectivity index (χ0n) is 32.1. The molecule has 7 aromatic rings. The molecule has 0 spiro atoms. The fourth-order valence-corrected chi connectivity index (χ4v) is 7.31. The Morgan fingerprint density at radius 3 is 1.47 bits per heavy atom. The molecule has 0 aliphatic rings. The van der Waals surface area contributed by atoms with Crippen molar-refractivity contribution in [3.05, 3.63) is 209 Å². The number of anilines is 7. The molecule has 55 heavy (non-hydrogen) atoms. The number of aryl methyl sites for hydroxylation is 4. The van der Waals surface area contributed by atoms with Crippen molar-refractivity contribution in [2.24, 2.45) is 0 Å². The van der Waals surface area contributed by atoms with Gasteiger partial charge in [-0.1, -0.05) is 84.9 Å². The highest BCUT2D eigenvalue weighted by molar-refractivity contribution is 6.51. The van der Waals surface area contributed by atoms with Gasteiger partial charge in [-0.2, -0.15) is 0 Å². The van der Waals surface area contributed by atoms with Gasteiger partial charge >= 0.3 is 0 Å². The number of hydrogen-bond donors (Lipinski definition) is 3. The van der Waals surface area contributed by atoms with E-state index < -0.39 is 0 Å². The molecule has 0 amide bonds. The van der Waals surface area contributed by atoms with Gasteiger partial charge in [0.25, 0.3) is 0 Å². The highest BCUT2D eigenvalue weighted by Crippen LogP contribution is 2.38. The van der Waals surface area contributed by atoms with Crippen LogP contribution in [0, 0.1) is 38.5 Å². The maximum absolute atomic E-state index is 9.15. The van der Waals surface area contributed by atoms with Crippen molar-refractivity contribution in [2.75, 3.05) is 15.1 Å². The monoisotopic (exact) mass is 717 g/mol. The first-order chi connectivity index (χ1) is 26.7. The summed E-state index contributed by atoms with van der Waals surface area (Å²) in [7, 11) is 0. The number of hydrogen-bond acceptors (Lipinski definition) is 5. The van der Waals surface area contributed by atoms with Crippen LogP contribution in [0.15, 0.2) is 170 Å². The average molecular weight is 718 g/mol. The first-order valence-electron chi connectivity index (χ1n) is 18.8. The lowest BCUT2D eigenvalue weighted by atomic mass is 9.95. The zero-order chi connectivity index (χ0) is 38.5. The Hall–Kier alpha value is -6.72. The molecule has 0 aliphatic carbocycles. The van der Waals surface area contributed by atoms with E-state index in [2.05, 4.69) is 152 Å². The van der Waals surface area contributed by atoms with Crippen LogP contribution in [0.5, 0.6) is 0 Å². The van der Waals surface area contributed by atoms with E-state index in [0.29, 0.717) is 5.56 Å². The third-order valence-corrected chi connectivity index (χ3v) is 10.0. The predicted molar refractivity (Wildman–Crippen MR) is 233 cm³/mol. The second kappa shape index (κ2) is 16.1. The van der Waals surface area contributed by atoms with Gasteiger partial charge in [-0.3, -0.25) is 10.8 Å². The van der Waals surface area contributed by atoms with Crippen LogP contribution in [-0.2, 0) is 0 Å². The summed E-state index contributed by atoms with van der Waals surface area (Å²) in [5.74, 6) is 0. The predicted octanol–water partition coefficient (Wildman–Crippen LogP) is 13.5. The van der Waals surface area contributed by atoms with Crippen LogP contribution >= 0.6 is 0 Å². The fourth-order valence-electron chi connectivity index (χ4n) is 7.31. The van der Waals surface area contributed by atoms with Crippen LogP contribution in [0.1, 0.15) is 51.9 Å². The molecule has 5 heteroatoms. The van der Waals surface area contributed by atoms with E-state index in [0.717, 1.165) is 50.9 Å². The third-order valence-electron chi connectivity index (χ3n) is 10.0. The van der Waals surface area contributed by atoms with Gasteiger partial charge < -0.3 is 15.1 Å². The summed E-state index contributed by atoms with van der Waals surface area (Å²) in [5, 5.41) is 22.0. The molecule has 7 aromatic carbocycles. The molecular weight excluding hydrogens is 671 g/mol. The van der Waals surface area contributed by atoms with Crippen LogP contribution < -0.4 is 15.1 Å². The van der Waals surface area contributed by atoms with E-state index >= 15 is 0 Å². The lowest BCUT2D eigenvalue weighted by molar-refractivity contribution is 0.874. The summed E-state index contributed by atoms with van der Waals surface area (Å²) in [4.78, 5) is 4.53. The second-order valence-corrected chi connectivity index (χ2v) is 14.3. The van der Waals surface area contributed by atoms with Crippen LogP contribution in [0.2, 0.25) is 0 Å². The van der Waals surface area contributed by atoms with Gasteiger partial charge in [0.15, 0.2) is 0 Å². The summed E-state index contributed by atoms with van der Waals surface area (Å²) < 4.78 is 0. The molecule has 0 fully saturated rings. The maximum atomic E-state index is 9.15. The summed E-state index contributed by atoms with van der Waals surface area (Å²) in [6, 6.07) is 58.5. The Labute approximate surface area is 325 Å². The quantitative estimate of drug-likeness (QED) is 0.110. The van der Waals surface area contributed by atoms with Crippen molar-refractivity contribution in [2.45, 2.75) is 40.7 Å². The van der Waals surface area contributed by atoms with Crippen LogP contribution in [-0.4, -0.2) is 11.4 Å². The van der Waals surface area contributed by atoms with Gasteiger partial charge in [-0.05, 0) is 147 Å². The second-order valence-electron chi connectivity index (χ2n) is 14.3. The molecule has 0 aliphatic heterocycles. The van der Waals surface area contributed by atoms with Gasteiger partial charge in [-0.25, -0.2) is 0 Å². The molecule has 0 saturated carbocycles. The molecule has 1 unspecified atom stereocenters. The molecule has 0 saturated heterocycles. The van der Waals surface area contributed by atoms with E-state index in [1.54, 1.807) is 0 Å². The van der Waals surface area contributed by atoms with Crippen LogP contribution in [0.4, 0.5) is 39.8 Å². The molecular formula is C50H47N5. The molecule has 272 valence electrons. The van der Waals surface area contributed by atoms with Crippen molar-refractivity contribution in [1.82, 2.24) is 0 Å². The van der Waals surface area contributed by atoms with Gasteiger partial charge in [0, 0.05) is 57.0 Å². The van der Waals surface area contributed by atoms with Crippen molar-refractivity contribution < 1.29 is 0 Å². The highest BCUT2D eigenvalue weighted by Gasteiger charge is 2.19. The Morgan fingerprint density at radius 2 is 0.945 bits per heavy atom. The van der Waals surface area contributed by atoms with Gasteiger partial charge in [0.1, 0.15) is 0 Å². The zero-order valence-corrected chi connectivity index (χ0v) is 32.1. The molecule has 1 atom stereocenters. The Bertz CT molecular complexity index is 2470. The minimum absolute atomic E-state index is 0.0119. The summed E-state index contributed by atoms with van der Waals surface area (Å²) in [5.41, 5.74) is 14.9. The number of rotatable bonds is 12. The van der Waals surface area contributed by atoms with Crippen molar-refractivity contribution in [1.29, 1.82) is 10.8 Å². The summed E-state index contributed by atoms with van der Waals surface area (Å²) in [6.07, 6.45) is 0. The molecule has 0 radical (unpaired) electrons. The van der Waals surface area contributed by atoms with E-state index in [9.17, 15) is 0 Å². The molecule has 3 N–H and O–H groups in total. The Balaban J connectivity index is 1.09. The van der Waals surface area contributed by atoms with Crippen molar-refractivity contribution in [3.8, 4) is 0 Å². The van der Waals surface area contributed by atoms with E-state index in [4.69, 9.17) is 10.8 Å². The van der Waals surface area contributed by atoms with Crippen LogP contribution in [0.25, 0.3) is 0 Å². The molecule has 5 nitrogen and oxygen atoms in total. The summed E-state index contributed by atoms with van der Waals surface area (Å²) in [6.45, 7) is 10.6. The first-order valence-corrected chi connectivity index (χ1v) is 18.8. The number of para-hydroxylation sites is 2. The van der Waals surface area contributed by atoms with E-state index in [-0.39, 0.29) is 17.5 Å². The van der Waals surface area contributed by atoms with Gasteiger partial charge in [0.05, 0.1) is 11.4 Å². The lowest BCUT2D eigenvalue weighted by Crippen LogP contribution is -2.17. The smallest absolute Gasteiger partial charge is 0.0870 e. The van der Waals surface area contributed by atoms with Crippen LogP contribution in [0.3, 0.4) is 0 Å². The highest BCUT2D eigenvalue weighted by atomic mass is 15.1. The van der Waals surface area contributed by atoms with Crippen molar-refractivity contribution >= 4 is 51.2 Å². The minimum atomic E-state index is 0.0119. The minimum Gasteiger partial charge on any atom is -0.378 e. The van der Waals surface area contributed by atoms with Gasteiger partial charge in [-0.15, -0.1) is 0 Å². The number of benzene rings is 7. The largest absolute Gasteiger partial charge is 0.378 e. The number of nitrogens with one attached hydrogen (secondary N) is 3. The molecule has 0 bridgehead atoms. The van der Waals surface area contributed by atoms with Gasteiger partial charge in [0.2, 0.25) is 0 Å². The standard InChI is InChI=1S/C50H47N5/c1-34-15-12-23-43(29-34)54(41-19-8-6-9-20-41)45-25-27-47(36(3)31-45)38(5)53-40-18-14-17-39(33-40)49(51)50(52)48-28-26-46(32-37(48)4)55(42-21-10-7-11-22-42)44-24-13-16-35(2)30-44/h6-33,38,51-53H,1-5H3. The first kappa shape index (κ1) is 36.6. The fraction of sp³-hybridized carbons (Fsp3) is 0.120. The van der Waals surface area contributed by atoms with E-state index in [1.807, 2.05) is 67.6 Å². The topological polar surface area (TPSA) is 66.2 Å². The normalized spacial score (nSPS) is 11.4. The number of nitrogens with zero attached hydrogens (tertiary/aromatic N) is 2.